The molecule has 0 fully saturated rings. The number of hydrogen-bond donors (Lipinski definition) is 1. The van der Waals surface area contributed by atoms with Gasteiger partial charge in [-0.3, -0.25) is 4.68 Å². The molecule has 1 aliphatic heterocycles. The number of amides is 2. The van der Waals surface area contributed by atoms with Gasteiger partial charge < -0.3 is 19.4 Å². The number of hydrogen-bond acceptors (Lipinski definition) is 6. The molecular formula is C25H26N6O3. The van der Waals surface area contributed by atoms with Crippen LogP contribution in [0.5, 0.6) is 5.75 Å². The van der Waals surface area contributed by atoms with Crippen LogP contribution in [-0.2, 0) is 26.6 Å². The van der Waals surface area contributed by atoms with Crippen LogP contribution < -0.4 is 10.1 Å². The molecular weight excluding hydrogens is 432 g/mol. The molecule has 174 valence electrons. The maximum absolute atomic E-state index is 12.9. The third kappa shape index (κ3) is 4.24. The Morgan fingerprint density at radius 2 is 1.94 bits per heavy atom. The van der Waals surface area contributed by atoms with Crippen molar-refractivity contribution in [3.05, 3.63) is 70.9 Å². The van der Waals surface area contributed by atoms with Gasteiger partial charge in [0.05, 0.1) is 13.7 Å². The maximum atomic E-state index is 12.9. The first-order chi connectivity index (χ1) is 16.5. The first-order valence-electron chi connectivity index (χ1n) is 11.1. The summed E-state index contributed by atoms with van der Waals surface area (Å²) in [6.07, 6.45) is 0.699. The highest BCUT2D eigenvalue weighted by Gasteiger charge is 2.29. The molecule has 3 heterocycles. The molecule has 9 heteroatoms. The summed E-state index contributed by atoms with van der Waals surface area (Å²) in [5.41, 5.74) is 5.61. The van der Waals surface area contributed by atoms with Crippen LogP contribution >= 0.6 is 0 Å². The van der Waals surface area contributed by atoms with Crippen molar-refractivity contribution in [1.82, 2.24) is 30.2 Å². The van der Waals surface area contributed by atoms with Crippen LogP contribution in [0.4, 0.5) is 4.79 Å². The van der Waals surface area contributed by atoms with Gasteiger partial charge in [-0.2, -0.15) is 5.10 Å². The minimum Gasteiger partial charge on any atom is -0.497 e. The number of carbonyl (C=O) groups excluding carboxylic acids is 1. The van der Waals surface area contributed by atoms with Crippen molar-refractivity contribution in [2.75, 3.05) is 13.7 Å². The van der Waals surface area contributed by atoms with E-state index >= 15 is 0 Å². The average Bonchev–Trinajstić information content (AvgIpc) is 3.48. The molecule has 0 bridgehead atoms. The van der Waals surface area contributed by atoms with Crippen molar-refractivity contribution >= 4 is 6.03 Å². The minimum absolute atomic E-state index is 0.130. The standard InChI is InChI=1S/C25H26N6O3/c1-16-7-9-18(10-8-16)23-27-28-24(34-23)22-20-15-31(12-11-21(20)30(2)29-22)25(32)26-14-17-5-4-6-19(13-17)33-3/h4-10,13H,11-12,14-15H2,1-3H3,(H,26,32). The van der Waals surface area contributed by atoms with Gasteiger partial charge in [-0.25, -0.2) is 4.79 Å². The largest absolute Gasteiger partial charge is 0.497 e. The Labute approximate surface area is 197 Å². The Kier molecular flexibility index (Phi) is 5.75. The Bertz CT molecular complexity index is 1320. The zero-order valence-corrected chi connectivity index (χ0v) is 19.4. The van der Waals surface area contributed by atoms with E-state index in [9.17, 15) is 4.79 Å². The number of methoxy groups -OCH3 is 1. The number of aryl methyl sites for hydroxylation is 2. The van der Waals surface area contributed by atoms with E-state index in [0.29, 0.717) is 43.5 Å². The second-order valence-electron chi connectivity index (χ2n) is 8.36. The highest BCUT2D eigenvalue weighted by molar-refractivity contribution is 5.75. The molecule has 0 saturated carbocycles. The highest BCUT2D eigenvalue weighted by atomic mass is 16.5. The lowest BCUT2D eigenvalue weighted by atomic mass is 10.1. The van der Waals surface area contributed by atoms with Gasteiger partial charge in [0.25, 0.3) is 5.89 Å². The van der Waals surface area contributed by atoms with E-state index in [1.54, 1.807) is 12.0 Å². The average molecular weight is 459 g/mol. The SMILES string of the molecule is COc1cccc(CNC(=O)N2CCc3c(c(-c4nnc(-c5ccc(C)cc5)o4)nn3C)C2)c1. The fraction of sp³-hybridized carbons (Fsp3) is 0.280. The van der Waals surface area contributed by atoms with Crippen LogP contribution in [0, 0.1) is 6.92 Å². The van der Waals surface area contributed by atoms with Crippen LogP contribution in [-0.4, -0.2) is 44.6 Å². The molecule has 34 heavy (non-hydrogen) atoms. The van der Waals surface area contributed by atoms with Crippen LogP contribution in [0.25, 0.3) is 23.0 Å². The topological polar surface area (TPSA) is 98.3 Å². The predicted octanol–water partition coefficient (Wildman–Crippen LogP) is 3.72. The summed E-state index contributed by atoms with van der Waals surface area (Å²) < 4.78 is 13.1. The number of carbonyl (C=O) groups is 1. The minimum atomic E-state index is -0.130. The molecule has 5 rings (SSSR count). The summed E-state index contributed by atoms with van der Waals surface area (Å²) in [6.45, 7) is 3.48. The van der Waals surface area contributed by atoms with Crippen LogP contribution in [0.3, 0.4) is 0 Å². The molecule has 0 spiro atoms. The molecule has 0 atom stereocenters. The Hall–Kier alpha value is -4.14. The molecule has 0 radical (unpaired) electrons. The Morgan fingerprint density at radius 1 is 1.15 bits per heavy atom. The highest BCUT2D eigenvalue weighted by Crippen LogP contribution is 2.31. The molecule has 2 aromatic heterocycles. The summed E-state index contributed by atoms with van der Waals surface area (Å²) in [7, 11) is 3.53. The lowest BCUT2D eigenvalue weighted by molar-refractivity contribution is 0.191. The summed E-state index contributed by atoms with van der Waals surface area (Å²) in [5.74, 6) is 1.56. The normalized spacial score (nSPS) is 13.0. The number of ether oxygens (including phenoxy) is 1. The van der Waals surface area contributed by atoms with E-state index in [4.69, 9.17) is 9.15 Å². The van der Waals surface area contributed by atoms with E-state index in [1.165, 1.54) is 0 Å². The smallest absolute Gasteiger partial charge is 0.317 e. The van der Waals surface area contributed by atoms with Gasteiger partial charge in [-0.05, 0) is 36.8 Å². The lowest BCUT2D eigenvalue weighted by Crippen LogP contribution is -2.42. The van der Waals surface area contributed by atoms with E-state index in [2.05, 4.69) is 20.6 Å². The first kappa shape index (κ1) is 21.7. The second-order valence-corrected chi connectivity index (χ2v) is 8.36. The van der Waals surface area contributed by atoms with Crippen LogP contribution in [0.2, 0.25) is 0 Å². The van der Waals surface area contributed by atoms with Crippen molar-refractivity contribution in [1.29, 1.82) is 0 Å². The number of fused-ring (bicyclic) bond motifs is 1. The molecule has 4 aromatic rings. The number of nitrogens with zero attached hydrogens (tertiary/aromatic N) is 5. The fourth-order valence-electron chi connectivity index (χ4n) is 4.14. The summed E-state index contributed by atoms with van der Waals surface area (Å²) >= 11 is 0. The number of benzene rings is 2. The molecule has 1 N–H and O–H groups in total. The third-order valence-electron chi connectivity index (χ3n) is 6.03. The molecule has 0 aliphatic carbocycles. The lowest BCUT2D eigenvalue weighted by Gasteiger charge is -2.27. The quantitative estimate of drug-likeness (QED) is 0.489. The third-order valence-corrected chi connectivity index (χ3v) is 6.03. The molecule has 0 unspecified atom stereocenters. The molecule has 2 aromatic carbocycles. The summed E-state index contributed by atoms with van der Waals surface area (Å²) in [5, 5.41) is 16.1. The molecule has 9 nitrogen and oxygen atoms in total. The van der Waals surface area contributed by atoms with Crippen molar-refractivity contribution < 1.29 is 13.9 Å². The number of nitrogens with one attached hydrogen (secondary N) is 1. The maximum Gasteiger partial charge on any atom is 0.317 e. The number of aromatic nitrogens is 4. The van der Waals surface area contributed by atoms with E-state index < -0.39 is 0 Å². The second kappa shape index (κ2) is 9.01. The Morgan fingerprint density at radius 3 is 2.74 bits per heavy atom. The molecule has 1 aliphatic rings. The van der Waals surface area contributed by atoms with Gasteiger partial charge in [0.2, 0.25) is 5.89 Å². The van der Waals surface area contributed by atoms with Crippen LogP contribution in [0.15, 0.2) is 52.9 Å². The predicted molar refractivity (Wildman–Crippen MR) is 126 cm³/mol. The van der Waals surface area contributed by atoms with Crippen molar-refractivity contribution in [2.45, 2.75) is 26.4 Å². The van der Waals surface area contributed by atoms with Crippen molar-refractivity contribution in [3.63, 3.8) is 0 Å². The van der Waals surface area contributed by atoms with Gasteiger partial charge in [0, 0.05) is 43.4 Å². The summed E-state index contributed by atoms with van der Waals surface area (Å²) in [4.78, 5) is 14.7. The number of urea groups is 1. The zero-order valence-electron chi connectivity index (χ0n) is 19.4. The zero-order chi connectivity index (χ0) is 23.7. The monoisotopic (exact) mass is 458 g/mol. The fourth-order valence-corrected chi connectivity index (χ4v) is 4.14. The van der Waals surface area contributed by atoms with Crippen LogP contribution in [0.1, 0.15) is 22.4 Å². The van der Waals surface area contributed by atoms with Gasteiger partial charge in [0.15, 0.2) is 5.69 Å². The Balaban J connectivity index is 1.33. The van der Waals surface area contributed by atoms with Gasteiger partial charge in [-0.15, -0.1) is 10.2 Å². The van der Waals surface area contributed by atoms with Crippen molar-refractivity contribution in [3.8, 4) is 28.8 Å². The first-order valence-corrected chi connectivity index (χ1v) is 11.1. The van der Waals surface area contributed by atoms with E-state index in [0.717, 1.165) is 33.7 Å². The molecule has 2 amide bonds. The van der Waals surface area contributed by atoms with Crippen molar-refractivity contribution in [2.24, 2.45) is 7.05 Å². The van der Waals surface area contributed by atoms with E-state index in [1.807, 2.05) is 67.2 Å². The van der Waals surface area contributed by atoms with Gasteiger partial charge in [0.1, 0.15) is 5.75 Å². The molecule has 0 saturated heterocycles. The van der Waals surface area contributed by atoms with Gasteiger partial charge in [-0.1, -0.05) is 29.8 Å². The van der Waals surface area contributed by atoms with E-state index in [-0.39, 0.29) is 6.03 Å². The number of rotatable bonds is 5. The summed E-state index contributed by atoms with van der Waals surface area (Å²) in [6, 6.07) is 15.4. The van der Waals surface area contributed by atoms with Gasteiger partial charge >= 0.3 is 6.03 Å².